The van der Waals surface area contributed by atoms with Crippen molar-refractivity contribution in [2.45, 2.75) is 63.3 Å². The van der Waals surface area contributed by atoms with E-state index in [4.69, 9.17) is 4.74 Å². The summed E-state index contributed by atoms with van der Waals surface area (Å²) in [6, 6.07) is 8.76. The summed E-state index contributed by atoms with van der Waals surface area (Å²) in [5, 5.41) is 15.5. The number of fused-ring (bicyclic) bond motifs is 1. The number of rotatable bonds is 9. The molecule has 3 N–H and O–H groups in total. The Morgan fingerprint density at radius 2 is 1.94 bits per heavy atom. The number of β-amino-alcohol motifs (C(OH)–C–C–N with tert-alkyl or cyclic N) is 1. The molecule has 3 amide bonds. The Hall–Kier alpha value is -2.45. The molecule has 1 spiro atoms. The van der Waals surface area contributed by atoms with Crippen molar-refractivity contribution >= 4 is 17.7 Å². The standard InChI is InChI=1S/C24H33N3O5/c1-3-4-12-25-21(30)19-24-11-10-23(2,32-24)17(18(24)22(31)27(19)13-14-28)20(29)26-15-16-8-6-5-7-9-16/h5-9,17-19,28H,3-4,10-15H2,1-2H3,(H,25,30)(H,26,29)/t17-,18-,19?,23+,24?/m0/s1. The van der Waals surface area contributed by atoms with E-state index < -0.39 is 29.1 Å². The second kappa shape index (κ2) is 8.83. The maximum atomic E-state index is 13.5. The lowest BCUT2D eigenvalue weighted by molar-refractivity contribution is -0.146. The fourth-order valence-corrected chi connectivity index (χ4v) is 5.86. The van der Waals surface area contributed by atoms with E-state index in [0.29, 0.717) is 25.9 Å². The quantitative estimate of drug-likeness (QED) is 0.493. The maximum Gasteiger partial charge on any atom is 0.245 e. The molecule has 0 aliphatic carbocycles. The third-order valence-corrected chi connectivity index (χ3v) is 7.29. The van der Waals surface area contributed by atoms with Gasteiger partial charge >= 0.3 is 0 Å². The predicted octanol–water partition coefficient (Wildman–Crippen LogP) is 0.976. The molecule has 1 aromatic carbocycles. The number of aliphatic hydroxyl groups excluding tert-OH is 1. The molecule has 8 heteroatoms. The van der Waals surface area contributed by atoms with Crippen LogP contribution in [-0.2, 0) is 25.7 Å². The first-order valence-corrected chi connectivity index (χ1v) is 11.6. The fourth-order valence-electron chi connectivity index (χ4n) is 5.86. The molecule has 3 aliphatic rings. The SMILES string of the molecule is CCCCNC(=O)C1N(CCO)C(=O)[C@@H]2[C@@H](C(=O)NCc3ccccc3)[C@@]3(C)CCC12O3. The zero-order valence-corrected chi connectivity index (χ0v) is 18.8. The van der Waals surface area contributed by atoms with Crippen LogP contribution in [0.25, 0.3) is 0 Å². The van der Waals surface area contributed by atoms with Gasteiger partial charge in [0.15, 0.2) is 0 Å². The Morgan fingerprint density at radius 3 is 2.62 bits per heavy atom. The molecule has 3 aliphatic heterocycles. The van der Waals surface area contributed by atoms with Crippen molar-refractivity contribution in [3.8, 4) is 0 Å². The number of carbonyl (C=O) groups is 3. The average Bonchev–Trinajstić information content (AvgIpc) is 3.34. The lowest BCUT2D eigenvalue weighted by Gasteiger charge is -2.33. The van der Waals surface area contributed by atoms with Gasteiger partial charge in [-0.2, -0.15) is 0 Å². The van der Waals surface area contributed by atoms with Gasteiger partial charge < -0.3 is 25.4 Å². The molecule has 174 valence electrons. The number of aliphatic hydroxyl groups is 1. The van der Waals surface area contributed by atoms with Gasteiger partial charge in [-0.15, -0.1) is 0 Å². The monoisotopic (exact) mass is 443 g/mol. The first kappa shape index (κ1) is 22.7. The first-order valence-electron chi connectivity index (χ1n) is 11.6. The van der Waals surface area contributed by atoms with Crippen LogP contribution in [0.4, 0.5) is 0 Å². The highest BCUT2D eigenvalue weighted by atomic mass is 16.5. The Labute approximate surface area is 188 Å². The lowest BCUT2D eigenvalue weighted by atomic mass is 9.66. The molecule has 0 aromatic heterocycles. The predicted molar refractivity (Wildman–Crippen MR) is 117 cm³/mol. The summed E-state index contributed by atoms with van der Waals surface area (Å²) in [7, 11) is 0. The third kappa shape index (κ3) is 3.59. The number of carbonyl (C=O) groups excluding carboxylic acids is 3. The van der Waals surface area contributed by atoms with Crippen LogP contribution >= 0.6 is 0 Å². The van der Waals surface area contributed by atoms with Gasteiger partial charge in [0.25, 0.3) is 0 Å². The Morgan fingerprint density at radius 1 is 1.19 bits per heavy atom. The molecule has 1 aromatic rings. The molecule has 0 saturated carbocycles. The second-order valence-electron chi connectivity index (χ2n) is 9.33. The molecule has 2 bridgehead atoms. The van der Waals surface area contributed by atoms with Gasteiger partial charge in [-0.05, 0) is 31.7 Å². The number of nitrogens with zero attached hydrogens (tertiary/aromatic N) is 1. The molecule has 8 nitrogen and oxygen atoms in total. The zero-order chi connectivity index (χ0) is 22.9. The van der Waals surface area contributed by atoms with Gasteiger partial charge in [0.1, 0.15) is 11.6 Å². The summed E-state index contributed by atoms with van der Waals surface area (Å²) in [5.41, 5.74) is -0.863. The number of hydrogen-bond acceptors (Lipinski definition) is 5. The number of amides is 3. The first-order chi connectivity index (χ1) is 15.4. The molecular weight excluding hydrogens is 410 g/mol. The van der Waals surface area contributed by atoms with Gasteiger partial charge in [0.05, 0.1) is 24.0 Å². The summed E-state index contributed by atoms with van der Waals surface area (Å²) in [4.78, 5) is 41.5. The van der Waals surface area contributed by atoms with Crippen molar-refractivity contribution in [1.82, 2.24) is 15.5 Å². The van der Waals surface area contributed by atoms with E-state index in [2.05, 4.69) is 10.6 Å². The third-order valence-electron chi connectivity index (χ3n) is 7.29. The summed E-state index contributed by atoms with van der Waals surface area (Å²) in [6.07, 6.45) is 2.92. The molecule has 3 saturated heterocycles. The smallest absolute Gasteiger partial charge is 0.245 e. The number of benzene rings is 1. The van der Waals surface area contributed by atoms with Crippen molar-refractivity contribution in [3.63, 3.8) is 0 Å². The van der Waals surface area contributed by atoms with Crippen LogP contribution in [0.1, 0.15) is 45.1 Å². The second-order valence-corrected chi connectivity index (χ2v) is 9.33. The Balaban J connectivity index is 1.60. The lowest BCUT2D eigenvalue weighted by Crippen LogP contribution is -2.55. The number of likely N-dealkylation sites (tertiary alicyclic amines) is 1. The highest BCUT2D eigenvalue weighted by Gasteiger charge is 2.77. The normalized spacial score (nSPS) is 32.8. The van der Waals surface area contributed by atoms with Gasteiger partial charge in [-0.1, -0.05) is 43.7 Å². The van der Waals surface area contributed by atoms with E-state index in [1.54, 1.807) is 0 Å². The highest BCUT2D eigenvalue weighted by molar-refractivity contribution is 5.99. The summed E-state index contributed by atoms with van der Waals surface area (Å²) >= 11 is 0. The van der Waals surface area contributed by atoms with Crippen molar-refractivity contribution in [1.29, 1.82) is 0 Å². The van der Waals surface area contributed by atoms with E-state index in [1.807, 2.05) is 44.2 Å². The summed E-state index contributed by atoms with van der Waals surface area (Å²) in [5.74, 6) is -2.19. The number of nitrogens with one attached hydrogen (secondary N) is 2. The maximum absolute atomic E-state index is 13.5. The summed E-state index contributed by atoms with van der Waals surface area (Å²) in [6.45, 7) is 4.59. The van der Waals surface area contributed by atoms with Crippen molar-refractivity contribution in [2.75, 3.05) is 19.7 Å². The van der Waals surface area contributed by atoms with Gasteiger partial charge in [0.2, 0.25) is 17.7 Å². The topological polar surface area (TPSA) is 108 Å². The minimum Gasteiger partial charge on any atom is -0.395 e. The van der Waals surface area contributed by atoms with Crippen LogP contribution in [0.3, 0.4) is 0 Å². The van der Waals surface area contributed by atoms with Crippen LogP contribution in [0.15, 0.2) is 30.3 Å². The average molecular weight is 444 g/mol. The number of unbranched alkanes of at least 4 members (excludes halogenated alkanes) is 1. The molecular formula is C24H33N3O5. The van der Waals surface area contributed by atoms with Gasteiger partial charge in [0, 0.05) is 19.6 Å². The number of hydrogen-bond donors (Lipinski definition) is 3. The van der Waals surface area contributed by atoms with Crippen LogP contribution in [0, 0.1) is 11.8 Å². The highest BCUT2D eigenvalue weighted by Crippen LogP contribution is 2.63. The Kier molecular flexibility index (Phi) is 6.27. The van der Waals surface area contributed by atoms with Crippen LogP contribution in [0.2, 0.25) is 0 Å². The van der Waals surface area contributed by atoms with E-state index >= 15 is 0 Å². The van der Waals surface area contributed by atoms with E-state index in [-0.39, 0.29) is 30.9 Å². The van der Waals surface area contributed by atoms with Gasteiger partial charge in [-0.25, -0.2) is 0 Å². The largest absolute Gasteiger partial charge is 0.395 e. The minimum absolute atomic E-state index is 0.0430. The summed E-state index contributed by atoms with van der Waals surface area (Å²) < 4.78 is 6.48. The van der Waals surface area contributed by atoms with Crippen LogP contribution in [0.5, 0.6) is 0 Å². The van der Waals surface area contributed by atoms with E-state index in [1.165, 1.54) is 4.90 Å². The molecule has 32 heavy (non-hydrogen) atoms. The molecule has 3 fully saturated rings. The van der Waals surface area contributed by atoms with E-state index in [9.17, 15) is 19.5 Å². The van der Waals surface area contributed by atoms with Crippen molar-refractivity contribution in [2.24, 2.45) is 11.8 Å². The van der Waals surface area contributed by atoms with Gasteiger partial charge in [-0.3, -0.25) is 14.4 Å². The Bertz CT molecular complexity index is 878. The van der Waals surface area contributed by atoms with Crippen LogP contribution in [-0.4, -0.2) is 64.7 Å². The molecule has 4 rings (SSSR count). The van der Waals surface area contributed by atoms with E-state index in [0.717, 1.165) is 18.4 Å². The van der Waals surface area contributed by atoms with Crippen molar-refractivity contribution < 1.29 is 24.2 Å². The van der Waals surface area contributed by atoms with Crippen LogP contribution < -0.4 is 10.6 Å². The molecule has 3 heterocycles. The fraction of sp³-hybridized carbons (Fsp3) is 0.625. The molecule has 2 unspecified atom stereocenters. The van der Waals surface area contributed by atoms with Crippen molar-refractivity contribution in [3.05, 3.63) is 35.9 Å². The molecule has 0 radical (unpaired) electrons. The molecule has 5 atom stereocenters. The minimum atomic E-state index is -1.04. The number of ether oxygens (including phenoxy) is 1. The zero-order valence-electron chi connectivity index (χ0n) is 18.8.